The molecule has 0 spiro atoms. The van der Waals surface area contributed by atoms with Crippen molar-refractivity contribution in [3.05, 3.63) is 22.8 Å². The minimum atomic E-state index is -2.53. The van der Waals surface area contributed by atoms with Gasteiger partial charge in [0.1, 0.15) is 6.10 Å². The summed E-state index contributed by atoms with van der Waals surface area (Å²) in [5.74, 6) is -4.43. The monoisotopic (exact) mass is 524 g/mol. The molecule has 11 nitrogen and oxygen atoms in total. The first-order chi connectivity index (χ1) is 17.0. The fraction of sp³-hybridized carbons (Fsp3) is 0.692. The Labute approximate surface area is 215 Å². The Morgan fingerprint density at radius 1 is 1.11 bits per heavy atom. The highest BCUT2D eigenvalue weighted by Crippen LogP contribution is 2.56. The van der Waals surface area contributed by atoms with Gasteiger partial charge in [-0.1, -0.05) is 13.0 Å². The zero-order valence-electron chi connectivity index (χ0n) is 22.2. The van der Waals surface area contributed by atoms with E-state index in [1.165, 1.54) is 13.8 Å². The van der Waals surface area contributed by atoms with Crippen LogP contribution in [0.15, 0.2) is 22.8 Å². The van der Waals surface area contributed by atoms with E-state index in [4.69, 9.17) is 18.9 Å². The summed E-state index contributed by atoms with van der Waals surface area (Å²) in [6.45, 7) is 10.1. The van der Waals surface area contributed by atoms with E-state index in [1.807, 2.05) is 0 Å². The summed E-state index contributed by atoms with van der Waals surface area (Å²) >= 11 is 0. The summed E-state index contributed by atoms with van der Waals surface area (Å²) in [5.41, 5.74) is -6.21. The molecule has 0 unspecified atom stereocenters. The number of rotatable bonds is 6. The van der Waals surface area contributed by atoms with Crippen LogP contribution in [0, 0.1) is 5.92 Å². The SMILES string of the molecule is C/C=C(/C)C(=O)O[C@H]1C(C)=C2[C@H]([C@@H]1OC(C)=O)[C@@](C)(O)C[C@H](OC(=O)CCC)[C@@]1(O)[C@H]2OC(=O)[C@@]1(C)O. The fourth-order valence-corrected chi connectivity index (χ4v) is 5.59. The number of ether oxygens (including phenoxy) is 4. The molecule has 0 aromatic carbocycles. The van der Waals surface area contributed by atoms with Crippen molar-refractivity contribution >= 4 is 23.9 Å². The number of carbonyl (C=O) groups is 4. The first-order valence-corrected chi connectivity index (χ1v) is 12.3. The molecule has 11 heteroatoms. The molecule has 206 valence electrons. The zero-order valence-corrected chi connectivity index (χ0v) is 22.2. The summed E-state index contributed by atoms with van der Waals surface area (Å²) < 4.78 is 22.3. The van der Waals surface area contributed by atoms with E-state index < -0.39 is 77.4 Å². The quantitative estimate of drug-likeness (QED) is 0.196. The van der Waals surface area contributed by atoms with Crippen LogP contribution >= 0.6 is 0 Å². The van der Waals surface area contributed by atoms with E-state index in [9.17, 15) is 34.5 Å². The second-order valence-electron chi connectivity index (χ2n) is 10.5. The lowest BCUT2D eigenvalue weighted by atomic mass is 9.75. The van der Waals surface area contributed by atoms with Gasteiger partial charge in [-0.2, -0.15) is 0 Å². The van der Waals surface area contributed by atoms with Gasteiger partial charge >= 0.3 is 23.9 Å². The van der Waals surface area contributed by atoms with Gasteiger partial charge in [-0.3, -0.25) is 9.59 Å². The Hall–Kier alpha value is -2.76. The highest BCUT2D eigenvalue weighted by molar-refractivity contribution is 5.88. The van der Waals surface area contributed by atoms with Crippen LogP contribution in [-0.4, -0.2) is 80.4 Å². The van der Waals surface area contributed by atoms with Crippen molar-refractivity contribution in [3.63, 3.8) is 0 Å². The number of hydrogen-bond donors (Lipinski definition) is 3. The van der Waals surface area contributed by atoms with E-state index in [0.29, 0.717) is 6.42 Å². The molecule has 3 N–H and O–H groups in total. The zero-order chi connectivity index (χ0) is 28.1. The van der Waals surface area contributed by atoms with Gasteiger partial charge in [-0.05, 0) is 52.2 Å². The highest BCUT2D eigenvalue weighted by Gasteiger charge is 2.75. The molecule has 1 saturated heterocycles. The summed E-state index contributed by atoms with van der Waals surface area (Å²) in [6.07, 6.45) is -4.08. The highest BCUT2D eigenvalue weighted by atomic mass is 16.6. The maximum Gasteiger partial charge on any atom is 0.341 e. The second-order valence-corrected chi connectivity index (χ2v) is 10.5. The number of aliphatic hydroxyl groups is 3. The number of carbonyl (C=O) groups excluding carboxylic acids is 4. The summed E-state index contributed by atoms with van der Waals surface area (Å²) in [6, 6.07) is 0. The Balaban J connectivity index is 2.24. The smallest absolute Gasteiger partial charge is 0.341 e. The molecule has 2 fully saturated rings. The van der Waals surface area contributed by atoms with Crippen LogP contribution in [0.2, 0.25) is 0 Å². The van der Waals surface area contributed by atoms with Crippen LogP contribution in [0.5, 0.6) is 0 Å². The van der Waals surface area contributed by atoms with Crippen LogP contribution in [0.1, 0.15) is 67.7 Å². The van der Waals surface area contributed by atoms with E-state index in [-0.39, 0.29) is 23.1 Å². The van der Waals surface area contributed by atoms with Crippen molar-refractivity contribution in [1.82, 2.24) is 0 Å². The predicted molar refractivity (Wildman–Crippen MR) is 127 cm³/mol. The van der Waals surface area contributed by atoms with E-state index in [0.717, 1.165) is 13.8 Å². The molecule has 8 atom stereocenters. The number of hydrogen-bond acceptors (Lipinski definition) is 11. The average Bonchev–Trinajstić information content (AvgIpc) is 3.12. The third kappa shape index (κ3) is 4.57. The second kappa shape index (κ2) is 9.85. The molecule has 1 aliphatic heterocycles. The topological polar surface area (TPSA) is 166 Å². The first-order valence-electron chi connectivity index (χ1n) is 12.3. The van der Waals surface area contributed by atoms with Crippen molar-refractivity contribution in [1.29, 1.82) is 0 Å². The molecule has 37 heavy (non-hydrogen) atoms. The number of esters is 4. The van der Waals surface area contributed by atoms with Gasteiger partial charge in [0.2, 0.25) is 0 Å². The molecule has 0 radical (unpaired) electrons. The molecular weight excluding hydrogens is 488 g/mol. The van der Waals surface area contributed by atoms with Crippen molar-refractivity contribution in [2.45, 2.75) is 109 Å². The van der Waals surface area contributed by atoms with E-state index >= 15 is 0 Å². The predicted octanol–water partition coefficient (Wildman–Crippen LogP) is 1.02. The third-order valence-electron chi connectivity index (χ3n) is 7.71. The molecule has 0 bridgehead atoms. The standard InChI is InChI=1S/C26H36O11/c1-8-10-16(28)35-15-11-24(6,31)18-17(21-26(15,33)25(7,32)23(30)37-21)13(4)19(20(18)34-14(5)27)36-22(29)12(3)9-2/h9,15,18-21,31-33H,8,10-11H2,1-7H3/b12-9-/t15-,18+,19-,20-,21-,24-,25+,26+/m0/s1. The largest absolute Gasteiger partial charge is 0.459 e. The van der Waals surface area contributed by atoms with Crippen molar-refractivity contribution in [2.75, 3.05) is 0 Å². The number of allylic oxidation sites excluding steroid dienone is 1. The van der Waals surface area contributed by atoms with Crippen LogP contribution in [-0.2, 0) is 38.1 Å². The molecule has 0 amide bonds. The summed E-state index contributed by atoms with van der Waals surface area (Å²) in [4.78, 5) is 50.1. The van der Waals surface area contributed by atoms with Crippen molar-refractivity contribution in [3.8, 4) is 0 Å². The normalized spacial score (nSPS) is 39.4. The van der Waals surface area contributed by atoms with Gasteiger partial charge < -0.3 is 34.3 Å². The Bertz CT molecular complexity index is 1050. The maximum absolute atomic E-state index is 12.8. The lowest BCUT2D eigenvalue weighted by Gasteiger charge is -2.40. The molecule has 1 saturated carbocycles. The molecule has 1 heterocycles. The minimum Gasteiger partial charge on any atom is -0.459 e. The van der Waals surface area contributed by atoms with Crippen molar-refractivity contribution < 1.29 is 53.4 Å². The molecule has 0 aromatic rings. The van der Waals surface area contributed by atoms with Crippen LogP contribution in [0.3, 0.4) is 0 Å². The molecular formula is C26H36O11. The first kappa shape index (κ1) is 28.8. The lowest BCUT2D eigenvalue weighted by molar-refractivity contribution is -0.208. The lowest BCUT2D eigenvalue weighted by Crippen LogP contribution is -2.64. The molecule has 2 aliphatic carbocycles. The Morgan fingerprint density at radius 2 is 1.73 bits per heavy atom. The van der Waals surface area contributed by atoms with Gasteiger partial charge in [-0.25, -0.2) is 9.59 Å². The van der Waals surface area contributed by atoms with Crippen LogP contribution in [0.4, 0.5) is 0 Å². The van der Waals surface area contributed by atoms with Gasteiger partial charge in [0.25, 0.3) is 0 Å². The summed E-state index contributed by atoms with van der Waals surface area (Å²) in [5, 5.41) is 34.9. The Morgan fingerprint density at radius 3 is 2.27 bits per heavy atom. The molecule has 0 aromatic heterocycles. The summed E-state index contributed by atoms with van der Waals surface area (Å²) in [7, 11) is 0. The Kier molecular flexibility index (Phi) is 7.66. The van der Waals surface area contributed by atoms with E-state index in [2.05, 4.69) is 0 Å². The minimum absolute atomic E-state index is 0.000115. The average molecular weight is 525 g/mol. The van der Waals surface area contributed by atoms with Crippen molar-refractivity contribution in [2.24, 2.45) is 5.92 Å². The van der Waals surface area contributed by atoms with Gasteiger partial charge in [0.15, 0.2) is 29.5 Å². The van der Waals surface area contributed by atoms with Gasteiger partial charge in [-0.15, -0.1) is 0 Å². The van der Waals surface area contributed by atoms with Crippen LogP contribution in [0.25, 0.3) is 0 Å². The molecule has 3 aliphatic rings. The van der Waals surface area contributed by atoms with E-state index in [1.54, 1.807) is 26.8 Å². The maximum atomic E-state index is 12.8. The third-order valence-corrected chi connectivity index (χ3v) is 7.71. The fourth-order valence-electron chi connectivity index (χ4n) is 5.59. The van der Waals surface area contributed by atoms with Gasteiger partial charge in [0.05, 0.1) is 11.5 Å². The number of fused-ring (bicyclic) bond motifs is 3. The molecule has 3 rings (SSSR count). The van der Waals surface area contributed by atoms with Crippen LogP contribution < -0.4 is 0 Å². The van der Waals surface area contributed by atoms with Gasteiger partial charge in [0, 0.05) is 25.3 Å².